The van der Waals surface area contributed by atoms with Crippen molar-refractivity contribution in [1.29, 1.82) is 0 Å². The van der Waals surface area contributed by atoms with Crippen LogP contribution in [0.5, 0.6) is 0 Å². The van der Waals surface area contributed by atoms with Gasteiger partial charge in [0.2, 0.25) is 0 Å². The molecular weight excluding hydrogens is 603 g/mol. The minimum absolute atomic E-state index is 0.0293. The minimum Gasteiger partial charge on any atom is -0.478 e. The molecule has 46 heavy (non-hydrogen) atoms. The summed E-state index contributed by atoms with van der Waals surface area (Å²) < 4.78 is 71.7. The van der Waals surface area contributed by atoms with E-state index in [4.69, 9.17) is 5.11 Å². The second kappa shape index (κ2) is 11.3. The van der Waals surface area contributed by atoms with Crippen LogP contribution in [0.1, 0.15) is 84.8 Å². The van der Waals surface area contributed by atoms with Gasteiger partial charge >= 0.3 is 18.1 Å². The van der Waals surface area contributed by atoms with Gasteiger partial charge in [-0.05, 0) is 115 Å². The second-order valence-corrected chi connectivity index (χ2v) is 13.1. The average molecular weight is 637 g/mol. The molecule has 6 rings (SSSR count). The Labute approximate surface area is 263 Å². The SMILES string of the molecule is C[C@]12C[C@H](c3ccc(C#C/C=C/c4cccc(C(=O)O)c4)cc3)C3=C4CCC(=O)C=C4CC[C@H]3[C@@H]1CC[C@@]2(O)C(F)(F)C(F)(F)F. The quantitative estimate of drug-likeness (QED) is 0.262. The van der Waals surface area contributed by atoms with Crippen LogP contribution in [0.25, 0.3) is 6.08 Å². The molecule has 0 spiro atoms. The summed E-state index contributed by atoms with van der Waals surface area (Å²) >= 11 is 0. The Hall–Kier alpha value is -4.03. The first kappa shape index (κ1) is 31.9. The number of aromatic carboxylic acids is 1. The number of carbonyl (C=O) groups excluding carboxylic acids is 1. The molecule has 4 aliphatic rings. The lowest BCUT2D eigenvalue weighted by Crippen LogP contribution is -2.65. The summed E-state index contributed by atoms with van der Waals surface area (Å²) in [6.45, 7) is 1.41. The number of halogens is 5. The molecule has 2 saturated carbocycles. The van der Waals surface area contributed by atoms with E-state index in [1.807, 2.05) is 12.1 Å². The van der Waals surface area contributed by atoms with Crippen LogP contribution in [-0.2, 0) is 4.79 Å². The van der Waals surface area contributed by atoms with Crippen LogP contribution in [0, 0.1) is 29.1 Å². The Bertz CT molecular complexity index is 1740. The van der Waals surface area contributed by atoms with Gasteiger partial charge in [-0.15, -0.1) is 0 Å². The van der Waals surface area contributed by atoms with Gasteiger partial charge in [0.1, 0.15) is 5.60 Å². The van der Waals surface area contributed by atoms with E-state index in [0.717, 1.165) is 22.3 Å². The number of alkyl halides is 5. The molecule has 2 N–H and O–H groups in total. The highest BCUT2D eigenvalue weighted by atomic mass is 19.4. The van der Waals surface area contributed by atoms with Crippen molar-refractivity contribution in [3.63, 3.8) is 0 Å². The highest BCUT2D eigenvalue weighted by Gasteiger charge is 2.79. The zero-order chi connectivity index (χ0) is 33.1. The number of hydrogen-bond acceptors (Lipinski definition) is 3. The van der Waals surface area contributed by atoms with Gasteiger partial charge in [0, 0.05) is 23.3 Å². The molecule has 0 unspecified atom stereocenters. The molecule has 4 aliphatic carbocycles. The molecule has 2 aromatic carbocycles. The van der Waals surface area contributed by atoms with Crippen LogP contribution in [0.15, 0.2) is 77.4 Å². The Balaban J connectivity index is 1.36. The van der Waals surface area contributed by atoms with Crippen molar-refractivity contribution in [2.75, 3.05) is 0 Å². The molecule has 0 bridgehead atoms. The fourth-order valence-corrected chi connectivity index (χ4v) is 8.55. The zero-order valence-electron chi connectivity index (χ0n) is 25.1. The normalized spacial score (nSPS) is 29.4. The fraction of sp³-hybridized carbons (Fsp3) is 0.405. The number of allylic oxidation sites excluding steroid dienone is 5. The third-order valence-electron chi connectivity index (χ3n) is 10.8. The zero-order valence-corrected chi connectivity index (χ0v) is 25.1. The standard InChI is InChI=1S/C37H33F5O4/c1-34-21-30(24-11-9-22(10-12-24)5-2-3-6-23-7-4-8-26(19-23)33(44)45)32-28-16-14-27(43)20-25(28)13-15-29(32)31(34)17-18-35(34,46)36(38,39)37(40,41)42/h3-4,6-12,19-20,29-31,46H,13-18,21H2,1H3,(H,44,45)/b6-3+/t29-,30+,31-,34-,35-/m0/s1. The van der Waals surface area contributed by atoms with Crippen LogP contribution in [0.4, 0.5) is 22.0 Å². The largest absolute Gasteiger partial charge is 0.478 e. The van der Waals surface area contributed by atoms with E-state index in [1.54, 1.807) is 42.5 Å². The predicted molar refractivity (Wildman–Crippen MR) is 162 cm³/mol. The van der Waals surface area contributed by atoms with Crippen molar-refractivity contribution in [3.8, 4) is 11.8 Å². The first-order valence-electron chi connectivity index (χ1n) is 15.4. The third-order valence-corrected chi connectivity index (χ3v) is 10.8. The first-order valence-corrected chi connectivity index (χ1v) is 15.4. The highest BCUT2D eigenvalue weighted by molar-refractivity contribution is 5.93. The second-order valence-electron chi connectivity index (χ2n) is 13.1. The minimum atomic E-state index is -5.89. The predicted octanol–water partition coefficient (Wildman–Crippen LogP) is 8.28. The van der Waals surface area contributed by atoms with Gasteiger partial charge < -0.3 is 10.2 Å². The molecule has 0 heterocycles. The van der Waals surface area contributed by atoms with E-state index < -0.39 is 47.3 Å². The molecular formula is C37H33F5O4. The van der Waals surface area contributed by atoms with Crippen LogP contribution in [0.3, 0.4) is 0 Å². The van der Waals surface area contributed by atoms with E-state index in [2.05, 4.69) is 11.8 Å². The number of carboxylic acid groups (broad SMARTS) is 1. The van der Waals surface area contributed by atoms with Crippen molar-refractivity contribution in [3.05, 3.63) is 99.7 Å². The summed E-state index contributed by atoms with van der Waals surface area (Å²) in [7, 11) is 0. The monoisotopic (exact) mass is 636 g/mol. The third kappa shape index (κ3) is 5.11. The Kier molecular flexibility index (Phi) is 7.87. The maximum Gasteiger partial charge on any atom is 0.456 e. The van der Waals surface area contributed by atoms with Gasteiger partial charge in [-0.1, -0.05) is 48.6 Å². The van der Waals surface area contributed by atoms with Crippen molar-refractivity contribution < 1.29 is 41.8 Å². The topological polar surface area (TPSA) is 74.6 Å². The number of rotatable bonds is 4. The van der Waals surface area contributed by atoms with Gasteiger partial charge in [0.15, 0.2) is 5.78 Å². The Morgan fingerprint density at radius 3 is 2.46 bits per heavy atom. The molecule has 2 fully saturated rings. The number of fused-ring (bicyclic) bond motifs is 4. The summed E-state index contributed by atoms with van der Waals surface area (Å²) in [6.07, 6.45) is 0.267. The summed E-state index contributed by atoms with van der Waals surface area (Å²) in [5, 5.41) is 20.6. The maximum atomic E-state index is 15.2. The molecule has 0 radical (unpaired) electrons. The van der Waals surface area contributed by atoms with E-state index in [0.29, 0.717) is 36.8 Å². The van der Waals surface area contributed by atoms with Gasteiger partial charge in [-0.25, -0.2) is 4.79 Å². The smallest absolute Gasteiger partial charge is 0.456 e. The summed E-state index contributed by atoms with van der Waals surface area (Å²) in [4.78, 5) is 23.5. The van der Waals surface area contributed by atoms with Gasteiger partial charge in [-0.3, -0.25) is 4.79 Å². The number of benzene rings is 2. The summed E-state index contributed by atoms with van der Waals surface area (Å²) in [5.41, 5.74) is 0.205. The molecule has 0 saturated heterocycles. The van der Waals surface area contributed by atoms with Crippen molar-refractivity contribution >= 4 is 17.8 Å². The van der Waals surface area contributed by atoms with Crippen LogP contribution >= 0.6 is 0 Å². The number of carbonyl (C=O) groups is 2. The molecule has 5 atom stereocenters. The molecule has 240 valence electrons. The van der Waals surface area contributed by atoms with E-state index >= 15 is 8.78 Å². The Morgan fingerprint density at radius 2 is 1.76 bits per heavy atom. The van der Waals surface area contributed by atoms with Gasteiger partial charge in [0.25, 0.3) is 0 Å². The summed E-state index contributed by atoms with van der Waals surface area (Å²) in [6, 6.07) is 13.6. The Morgan fingerprint density at radius 1 is 1.02 bits per heavy atom. The number of ketones is 1. The lowest BCUT2D eigenvalue weighted by molar-refractivity contribution is -0.362. The molecule has 0 aromatic heterocycles. The molecule has 4 nitrogen and oxygen atoms in total. The fourth-order valence-electron chi connectivity index (χ4n) is 8.55. The van der Waals surface area contributed by atoms with Crippen molar-refractivity contribution in [1.82, 2.24) is 0 Å². The van der Waals surface area contributed by atoms with Crippen molar-refractivity contribution in [2.45, 2.75) is 75.5 Å². The number of aliphatic hydroxyl groups is 1. The lowest BCUT2D eigenvalue weighted by atomic mass is 9.50. The van der Waals surface area contributed by atoms with Crippen LogP contribution in [-0.4, -0.2) is 39.7 Å². The van der Waals surface area contributed by atoms with Crippen LogP contribution < -0.4 is 0 Å². The summed E-state index contributed by atoms with van der Waals surface area (Å²) in [5.74, 6) is -1.73. The maximum absolute atomic E-state index is 15.2. The molecule has 0 amide bonds. The van der Waals surface area contributed by atoms with Crippen LogP contribution in [0.2, 0.25) is 0 Å². The highest BCUT2D eigenvalue weighted by Crippen LogP contribution is 2.70. The van der Waals surface area contributed by atoms with E-state index in [-0.39, 0.29) is 30.1 Å². The lowest BCUT2D eigenvalue weighted by Gasteiger charge is -2.56. The van der Waals surface area contributed by atoms with E-state index in [1.165, 1.54) is 19.1 Å². The van der Waals surface area contributed by atoms with E-state index in [9.17, 15) is 27.9 Å². The molecule has 0 aliphatic heterocycles. The van der Waals surface area contributed by atoms with Gasteiger partial charge in [0.05, 0.1) is 5.56 Å². The molecule has 9 heteroatoms. The van der Waals surface area contributed by atoms with Crippen molar-refractivity contribution in [2.24, 2.45) is 17.3 Å². The average Bonchev–Trinajstić information content (AvgIpc) is 3.30. The number of carboxylic acids is 1. The number of hydrogen-bond donors (Lipinski definition) is 2. The van der Waals surface area contributed by atoms with Gasteiger partial charge in [-0.2, -0.15) is 22.0 Å². The molecule has 2 aromatic rings. The first-order chi connectivity index (χ1) is 21.7.